The van der Waals surface area contributed by atoms with Crippen LogP contribution < -0.4 is 5.73 Å². The summed E-state index contributed by atoms with van der Waals surface area (Å²) in [6.07, 6.45) is 0.344. The van der Waals surface area contributed by atoms with Gasteiger partial charge in [-0.2, -0.15) is 0 Å². The van der Waals surface area contributed by atoms with Crippen LogP contribution in [0.5, 0.6) is 0 Å². The number of nitrogens with zero attached hydrogens (tertiary/aromatic N) is 2. The summed E-state index contributed by atoms with van der Waals surface area (Å²) in [7, 11) is 1.84. The average Bonchev–Trinajstić information content (AvgIpc) is 2.55. The van der Waals surface area contributed by atoms with Gasteiger partial charge in [0.25, 0.3) is 0 Å². The van der Waals surface area contributed by atoms with Crippen molar-refractivity contribution >= 4 is 11.0 Å². The zero-order valence-electron chi connectivity index (χ0n) is 9.94. The molecule has 3 N–H and O–H groups in total. The van der Waals surface area contributed by atoms with E-state index in [-0.39, 0.29) is 12.4 Å². The molecular weight excluding hydrogens is 221 g/mol. The maximum atomic E-state index is 13.1. The second-order valence-corrected chi connectivity index (χ2v) is 4.60. The molecule has 1 heterocycles. The van der Waals surface area contributed by atoms with Gasteiger partial charge in [-0.05, 0) is 19.1 Å². The molecule has 0 bridgehead atoms. The fraction of sp³-hybridized carbons (Fsp3) is 0.417. The van der Waals surface area contributed by atoms with E-state index in [9.17, 15) is 9.50 Å². The van der Waals surface area contributed by atoms with Crippen LogP contribution in [0, 0.1) is 5.82 Å². The number of halogens is 1. The molecule has 5 heteroatoms. The highest BCUT2D eigenvalue weighted by molar-refractivity contribution is 5.75. The summed E-state index contributed by atoms with van der Waals surface area (Å²) in [6.45, 7) is 1.82. The SMILES string of the molecule is Cn1c(CC(C)(O)CN)nc2cc(F)ccc21. The van der Waals surface area contributed by atoms with Gasteiger partial charge in [0.1, 0.15) is 11.6 Å². The number of aromatic nitrogens is 2. The maximum absolute atomic E-state index is 13.1. The summed E-state index contributed by atoms with van der Waals surface area (Å²) in [6, 6.07) is 4.46. The highest BCUT2D eigenvalue weighted by Gasteiger charge is 2.22. The van der Waals surface area contributed by atoms with Crippen molar-refractivity contribution in [2.45, 2.75) is 18.9 Å². The number of nitrogens with two attached hydrogens (primary N) is 1. The fourth-order valence-electron chi connectivity index (χ4n) is 1.79. The van der Waals surface area contributed by atoms with Crippen molar-refractivity contribution in [3.05, 3.63) is 29.8 Å². The lowest BCUT2D eigenvalue weighted by atomic mass is 10.0. The molecule has 92 valence electrons. The van der Waals surface area contributed by atoms with Crippen LogP contribution in [0.1, 0.15) is 12.7 Å². The predicted molar refractivity (Wildman–Crippen MR) is 64.1 cm³/mol. The van der Waals surface area contributed by atoms with Gasteiger partial charge >= 0.3 is 0 Å². The predicted octanol–water partition coefficient (Wildman–Crippen LogP) is 0.965. The number of aryl methyl sites for hydroxylation is 1. The second-order valence-electron chi connectivity index (χ2n) is 4.60. The summed E-state index contributed by atoms with van der Waals surface area (Å²) >= 11 is 0. The molecule has 0 saturated carbocycles. The van der Waals surface area contributed by atoms with E-state index in [1.807, 2.05) is 11.6 Å². The molecule has 1 atom stereocenters. The number of rotatable bonds is 3. The van der Waals surface area contributed by atoms with Gasteiger partial charge in [-0.1, -0.05) is 0 Å². The van der Waals surface area contributed by atoms with Gasteiger partial charge in [0.15, 0.2) is 0 Å². The van der Waals surface area contributed by atoms with Crippen molar-refractivity contribution in [2.24, 2.45) is 12.8 Å². The molecule has 1 aromatic carbocycles. The van der Waals surface area contributed by atoms with Gasteiger partial charge in [0.05, 0.1) is 16.6 Å². The van der Waals surface area contributed by atoms with Crippen LogP contribution in [0.2, 0.25) is 0 Å². The summed E-state index contributed by atoms with van der Waals surface area (Å²) in [4.78, 5) is 4.31. The highest BCUT2D eigenvalue weighted by atomic mass is 19.1. The Labute approximate surface area is 98.9 Å². The van der Waals surface area contributed by atoms with E-state index in [0.29, 0.717) is 17.8 Å². The summed E-state index contributed by atoms with van der Waals surface area (Å²) in [5, 5.41) is 9.93. The van der Waals surface area contributed by atoms with Crippen molar-refractivity contribution in [3.63, 3.8) is 0 Å². The number of hydrogen-bond acceptors (Lipinski definition) is 3. The van der Waals surface area contributed by atoms with Crippen LogP contribution in [-0.2, 0) is 13.5 Å². The van der Waals surface area contributed by atoms with Gasteiger partial charge < -0.3 is 15.4 Å². The average molecular weight is 237 g/mol. The topological polar surface area (TPSA) is 64.1 Å². The molecule has 1 aromatic heterocycles. The number of aliphatic hydroxyl groups is 1. The summed E-state index contributed by atoms with van der Waals surface area (Å²) in [5.41, 5.74) is 5.92. The Balaban J connectivity index is 2.45. The first-order valence-electron chi connectivity index (χ1n) is 5.46. The van der Waals surface area contributed by atoms with Gasteiger partial charge in [-0.3, -0.25) is 0 Å². The van der Waals surface area contributed by atoms with Crippen molar-refractivity contribution in [1.82, 2.24) is 9.55 Å². The van der Waals surface area contributed by atoms with Crippen LogP contribution in [0.15, 0.2) is 18.2 Å². The third kappa shape index (κ3) is 2.30. The zero-order chi connectivity index (χ0) is 12.6. The van der Waals surface area contributed by atoms with Gasteiger partial charge in [0.2, 0.25) is 0 Å². The van der Waals surface area contributed by atoms with E-state index in [2.05, 4.69) is 4.98 Å². The van der Waals surface area contributed by atoms with Crippen LogP contribution in [-0.4, -0.2) is 26.8 Å². The van der Waals surface area contributed by atoms with Crippen LogP contribution in [0.3, 0.4) is 0 Å². The zero-order valence-corrected chi connectivity index (χ0v) is 9.94. The van der Waals surface area contributed by atoms with Crippen molar-refractivity contribution in [3.8, 4) is 0 Å². The molecule has 0 aliphatic carbocycles. The smallest absolute Gasteiger partial charge is 0.125 e. The number of benzene rings is 1. The van der Waals surface area contributed by atoms with Crippen molar-refractivity contribution < 1.29 is 9.50 Å². The summed E-state index contributed by atoms with van der Waals surface area (Å²) in [5.74, 6) is 0.383. The molecule has 1 unspecified atom stereocenters. The van der Waals surface area contributed by atoms with E-state index in [0.717, 1.165) is 5.52 Å². The third-order valence-corrected chi connectivity index (χ3v) is 2.91. The van der Waals surface area contributed by atoms with Gasteiger partial charge in [-0.25, -0.2) is 9.37 Å². The number of hydrogen-bond donors (Lipinski definition) is 2. The normalized spacial score (nSPS) is 15.1. The second kappa shape index (κ2) is 4.09. The minimum atomic E-state index is -0.992. The molecule has 4 nitrogen and oxygen atoms in total. The van der Waals surface area contributed by atoms with Gasteiger partial charge in [-0.15, -0.1) is 0 Å². The molecule has 2 aromatic rings. The van der Waals surface area contributed by atoms with Crippen molar-refractivity contribution in [2.75, 3.05) is 6.54 Å². The van der Waals surface area contributed by atoms with E-state index < -0.39 is 5.60 Å². The Morgan fingerprint density at radius 2 is 2.24 bits per heavy atom. The number of imidazole rings is 1. The maximum Gasteiger partial charge on any atom is 0.125 e. The molecule has 0 aliphatic heterocycles. The minimum Gasteiger partial charge on any atom is -0.388 e. The Hall–Kier alpha value is -1.46. The lowest BCUT2D eigenvalue weighted by Crippen LogP contribution is -2.37. The molecular formula is C12H16FN3O. The van der Waals surface area contributed by atoms with E-state index in [1.54, 1.807) is 13.0 Å². The van der Waals surface area contributed by atoms with E-state index >= 15 is 0 Å². The Morgan fingerprint density at radius 1 is 1.53 bits per heavy atom. The first-order valence-corrected chi connectivity index (χ1v) is 5.46. The molecule has 0 amide bonds. The Bertz CT molecular complexity index is 548. The molecule has 2 rings (SSSR count). The third-order valence-electron chi connectivity index (χ3n) is 2.91. The van der Waals surface area contributed by atoms with Gasteiger partial charge in [0, 0.05) is 26.1 Å². The first kappa shape index (κ1) is 12.0. The molecule has 17 heavy (non-hydrogen) atoms. The quantitative estimate of drug-likeness (QED) is 0.836. The highest BCUT2D eigenvalue weighted by Crippen LogP contribution is 2.19. The minimum absolute atomic E-state index is 0.157. The van der Waals surface area contributed by atoms with E-state index in [4.69, 9.17) is 5.73 Å². The largest absolute Gasteiger partial charge is 0.388 e. The van der Waals surface area contributed by atoms with E-state index in [1.165, 1.54) is 12.1 Å². The lowest BCUT2D eigenvalue weighted by molar-refractivity contribution is 0.0670. The van der Waals surface area contributed by atoms with Crippen LogP contribution in [0.4, 0.5) is 4.39 Å². The molecule has 0 aliphatic rings. The first-order chi connectivity index (χ1) is 7.93. The standard InChI is InChI=1S/C12H16FN3O/c1-12(17,7-14)6-11-15-9-5-8(13)3-4-10(9)16(11)2/h3-5,17H,6-7,14H2,1-2H3. The molecule has 0 radical (unpaired) electrons. The van der Waals surface area contributed by atoms with Crippen LogP contribution in [0.25, 0.3) is 11.0 Å². The monoisotopic (exact) mass is 237 g/mol. The molecule has 0 spiro atoms. The lowest BCUT2D eigenvalue weighted by Gasteiger charge is -2.20. The molecule has 0 fully saturated rings. The molecule has 0 saturated heterocycles. The Kier molecular flexibility index (Phi) is 2.89. The van der Waals surface area contributed by atoms with Crippen molar-refractivity contribution in [1.29, 1.82) is 0 Å². The summed E-state index contributed by atoms with van der Waals surface area (Å²) < 4.78 is 14.9. The fourth-order valence-corrected chi connectivity index (χ4v) is 1.79. The van der Waals surface area contributed by atoms with Crippen LogP contribution >= 0.6 is 0 Å². The number of fused-ring (bicyclic) bond motifs is 1. The Morgan fingerprint density at radius 3 is 2.88 bits per heavy atom.